The maximum atomic E-state index is 12.2. The SMILES string of the molecule is C=CCCC1=CCC(c2ccc(CCc3ccc(OC(F)(F)F)cc3)cc2)CC1. The fourth-order valence-electron chi connectivity index (χ4n) is 3.81. The van der Waals surface area contributed by atoms with Crippen LogP contribution in [0, 0.1) is 0 Å². The molecule has 0 radical (unpaired) electrons. The summed E-state index contributed by atoms with van der Waals surface area (Å²) in [4.78, 5) is 0. The molecule has 0 saturated heterocycles. The van der Waals surface area contributed by atoms with Gasteiger partial charge < -0.3 is 4.74 Å². The van der Waals surface area contributed by atoms with E-state index in [1.165, 1.54) is 36.1 Å². The molecule has 0 fully saturated rings. The van der Waals surface area contributed by atoms with Gasteiger partial charge in [0.15, 0.2) is 0 Å². The van der Waals surface area contributed by atoms with Gasteiger partial charge in [-0.15, -0.1) is 19.8 Å². The summed E-state index contributed by atoms with van der Waals surface area (Å²) in [6, 6.07) is 14.9. The Hall–Kier alpha value is -2.49. The van der Waals surface area contributed by atoms with Crippen molar-refractivity contribution < 1.29 is 17.9 Å². The number of hydrogen-bond donors (Lipinski definition) is 0. The molecular weight excluding hydrogens is 373 g/mol. The second-order valence-electron chi connectivity index (χ2n) is 7.59. The van der Waals surface area contributed by atoms with Gasteiger partial charge >= 0.3 is 6.36 Å². The summed E-state index contributed by atoms with van der Waals surface area (Å²) in [6.45, 7) is 3.79. The van der Waals surface area contributed by atoms with Crippen molar-refractivity contribution in [1.29, 1.82) is 0 Å². The number of hydrogen-bond acceptors (Lipinski definition) is 1. The van der Waals surface area contributed by atoms with Crippen molar-refractivity contribution in [3.63, 3.8) is 0 Å². The lowest BCUT2D eigenvalue weighted by Crippen LogP contribution is -2.17. The summed E-state index contributed by atoms with van der Waals surface area (Å²) in [5.74, 6) is 0.414. The Labute approximate surface area is 170 Å². The molecule has 0 amide bonds. The quantitative estimate of drug-likeness (QED) is 0.416. The standard InChI is InChI=1S/C25H27F3O/c1-2-3-4-19-7-13-22(14-8-19)23-15-9-20(10-16-23)5-6-21-11-17-24(18-12-21)29-25(26,27)28/h2,7,9-12,15-18,22H,1,3-6,8,13-14H2. The van der Waals surface area contributed by atoms with Gasteiger partial charge in [0.1, 0.15) is 5.75 Å². The maximum Gasteiger partial charge on any atom is 0.573 e. The van der Waals surface area contributed by atoms with E-state index >= 15 is 0 Å². The molecular formula is C25H27F3O. The third-order valence-electron chi connectivity index (χ3n) is 5.48. The first kappa shape index (κ1) is 21.2. The predicted molar refractivity (Wildman–Crippen MR) is 111 cm³/mol. The highest BCUT2D eigenvalue weighted by atomic mass is 19.4. The lowest BCUT2D eigenvalue weighted by Gasteiger charge is -2.22. The van der Waals surface area contributed by atoms with Gasteiger partial charge in [-0.1, -0.05) is 54.1 Å². The molecule has 1 aliphatic carbocycles. The number of benzene rings is 2. The lowest BCUT2D eigenvalue weighted by molar-refractivity contribution is -0.274. The van der Waals surface area contributed by atoms with Crippen molar-refractivity contribution in [2.45, 2.75) is 57.2 Å². The molecule has 29 heavy (non-hydrogen) atoms. The zero-order chi connectivity index (χ0) is 20.7. The maximum absolute atomic E-state index is 12.2. The molecule has 4 heteroatoms. The van der Waals surface area contributed by atoms with Crippen LogP contribution < -0.4 is 4.74 Å². The van der Waals surface area contributed by atoms with E-state index in [1.54, 1.807) is 17.7 Å². The number of aryl methyl sites for hydroxylation is 2. The van der Waals surface area contributed by atoms with Crippen LogP contribution in [-0.2, 0) is 12.8 Å². The Bertz CT molecular complexity index is 817. The minimum absolute atomic E-state index is 0.181. The molecule has 0 bridgehead atoms. The van der Waals surface area contributed by atoms with Gasteiger partial charge in [0, 0.05) is 0 Å². The molecule has 0 aliphatic heterocycles. The van der Waals surface area contributed by atoms with E-state index in [4.69, 9.17) is 0 Å². The van der Waals surface area contributed by atoms with Crippen molar-refractivity contribution in [3.05, 3.63) is 89.5 Å². The van der Waals surface area contributed by atoms with Gasteiger partial charge in [-0.2, -0.15) is 0 Å². The molecule has 154 valence electrons. The van der Waals surface area contributed by atoms with Crippen LogP contribution in [0.25, 0.3) is 0 Å². The highest BCUT2D eigenvalue weighted by molar-refractivity contribution is 5.30. The first-order chi connectivity index (χ1) is 13.9. The minimum atomic E-state index is -4.65. The van der Waals surface area contributed by atoms with Crippen molar-refractivity contribution in [2.24, 2.45) is 0 Å². The van der Waals surface area contributed by atoms with Crippen LogP contribution in [-0.4, -0.2) is 6.36 Å². The zero-order valence-electron chi connectivity index (χ0n) is 16.5. The van der Waals surface area contributed by atoms with E-state index in [2.05, 4.69) is 41.7 Å². The van der Waals surface area contributed by atoms with Crippen LogP contribution in [0.1, 0.15) is 54.7 Å². The minimum Gasteiger partial charge on any atom is -0.406 e. The third-order valence-corrected chi connectivity index (χ3v) is 5.48. The van der Waals surface area contributed by atoms with E-state index in [1.807, 2.05) is 6.08 Å². The smallest absolute Gasteiger partial charge is 0.406 e. The van der Waals surface area contributed by atoms with Gasteiger partial charge in [-0.25, -0.2) is 0 Å². The average molecular weight is 400 g/mol. The van der Waals surface area contributed by atoms with Crippen LogP contribution in [0.5, 0.6) is 5.75 Å². The molecule has 0 heterocycles. The number of allylic oxidation sites excluding steroid dienone is 3. The topological polar surface area (TPSA) is 9.23 Å². The van der Waals surface area contributed by atoms with Crippen molar-refractivity contribution in [1.82, 2.24) is 0 Å². The second kappa shape index (κ2) is 9.82. The largest absolute Gasteiger partial charge is 0.573 e. The normalized spacial score (nSPS) is 16.9. The number of ether oxygens (including phenoxy) is 1. The molecule has 1 atom stereocenters. The molecule has 1 nitrogen and oxygen atoms in total. The summed E-state index contributed by atoms with van der Waals surface area (Å²) >= 11 is 0. The first-order valence-corrected chi connectivity index (χ1v) is 10.2. The Morgan fingerprint density at radius 1 is 0.931 bits per heavy atom. The highest BCUT2D eigenvalue weighted by Crippen LogP contribution is 2.33. The number of rotatable bonds is 8. The molecule has 0 N–H and O–H groups in total. The molecule has 3 rings (SSSR count). The van der Waals surface area contributed by atoms with Crippen molar-refractivity contribution in [3.8, 4) is 5.75 Å². The molecule has 0 spiro atoms. The monoisotopic (exact) mass is 400 g/mol. The van der Waals surface area contributed by atoms with E-state index in [0.29, 0.717) is 5.92 Å². The summed E-state index contributed by atoms with van der Waals surface area (Å²) in [5.41, 5.74) is 5.18. The first-order valence-electron chi connectivity index (χ1n) is 10.2. The Balaban J connectivity index is 1.50. The van der Waals surface area contributed by atoms with Gasteiger partial charge in [-0.05, 0) is 79.7 Å². The van der Waals surface area contributed by atoms with Crippen LogP contribution in [0.2, 0.25) is 0 Å². The van der Waals surface area contributed by atoms with Crippen LogP contribution in [0.4, 0.5) is 13.2 Å². The summed E-state index contributed by atoms with van der Waals surface area (Å²) in [7, 11) is 0. The van der Waals surface area contributed by atoms with Gasteiger partial charge in [0.25, 0.3) is 0 Å². The Morgan fingerprint density at radius 3 is 2.07 bits per heavy atom. The number of alkyl halides is 3. The Morgan fingerprint density at radius 2 is 1.55 bits per heavy atom. The molecule has 2 aromatic rings. The van der Waals surface area contributed by atoms with E-state index in [0.717, 1.165) is 37.7 Å². The lowest BCUT2D eigenvalue weighted by atomic mass is 9.83. The van der Waals surface area contributed by atoms with Crippen molar-refractivity contribution in [2.75, 3.05) is 0 Å². The molecule has 1 aliphatic rings. The van der Waals surface area contributed by atoms with E-state index in [9.17, 15) is 13.2 Å². The average Bonchev–Trinajstić information content (AvgIpc) is 2.71. The van der Waals surface area contributed by atoms with Gasteiger partial charge in [0.2, 0.25) is 0 Å². The number of halogens is 3. The van der Waals surface area contributed by atoms with Crippen molar-refractivity contribution >= 4 is 0 Å². The third kappa shape index (κ3) is 6.81. The molecule has 0 saturated carbocycles. The zero-order valence-corrected chi connectivity index (χ0v) is 16.5. The van der Waals surface area contributed by atoms with Crippen LogP contribution >= 0.6 is 0 Å². The Kier molecular flexibility index (Phi) is 7.18. The van der Waals surface area contributed by atoms with Crippen LogP contribution in [0.15, 0.2) is 72.8 Å². The predicted octanol–water partition coefficient (Wildman–Crippen LogP) is 7.53. The fourth-order valence-corrected chi connectivity index (χ4v) is 3.81. The fraction of sp³-hybridized carbons (Fsp3) is 0.360. The molecule has 1 unspecified atom stereocenters. The van der Waals surface area contributed by atoms with Gasteiger partial charge in [-0.3, -0.25) is 0 Å². The van der Waals surface area contributed by atoms with Crippen LogP contribution in [0.3, 0.4) is 0 Å². The highest BCUT2D eigenvalue weighted by Gasteiger charge is 2.30. The van der Waals surface area contributed by atoms with E-state index < -0.39 is 6.36 Å². The molecule has 2 aromatic carbocycles. The summed E-state index contributed by atoms with van der Waals surface area (Å²) < 4.78 is 40.6. The summed E-state index contributed by atoms with van der Waals surface area (Å²) in [6.07, 6.45) is 7.06. The second-order valence-corrected chi connectivity index (χ2v) is 7.59. The summed E-state index contributed by atoms with van der Waals surface area (Å²) in [5, 5.41) is 0. The van der Waals surface area contributed by atoms with E-state index in [-0.39, 0.29) is 5.75 Å². The van der Waals surface area contributed by atoms with Gasteiger partial charge in [0.05, 0.1) is 0 Å². The molecule has 0 aromatic heterocycles.